The van der Waals surface area contributed by atoms with Crippen LogP contribution in [0.4, 0.5) is 0 Å². The summed E-state index contributed by atoms with van der Waals surface area (Å²) in [7, 11) is 0. The van der Waals surface area contributed by atoms with Crippen LogP contribution in [0.2, 0.25) is 4.34 Å². The topological polar surface area (TPSA) is 35.2 Å². The van der Waals surface area contributed by atoms with E-state index < -0.39 is 0 Å². The van der Waals surface area contributed by atoms with Crippen LogP contribution in [0.3, 0.4) is 0 Å². The number of rotatable bonds is 5. The molecule has 18 heavy (non-hydrogen) atoms. The number of hydrogen-bond acceptors (Lipinski definition) is 3. The lowest BCUT2D eigenvalue weighted by atomic mass is 9.97. The third kappa shape index (κ3) is 3.70. The molecule has 1 aliphatic rings. The smallest absolute Gasteiger partial charge is 0.107 e. The van der Waals surface area contributed by atoms with Crippen LogP contribution in [0, 0.1) is 0 Å². The van der Waals surface area contributed by atoms with E-state index in [0.717, 1.165) is 10.8 Å². The van der Waals surface area contributed by atoms with Crippen LogP contribution in [0.15, 0.2) is 12.1 Å². The van der Waals surface area contributed by atoms with Gasteiger partial charge >= 0.3 is 0 Å². The molecule has 0 saturated heterocycles. The fourth-order valence-corrected chi connectivity index (χ4v) is 3.66. The van der Waals surface area contributed by atoms with Gasteiger partial charge in [0.2, 0.25) is 0 Å². The minimum Gasteiger partial charge on any atom is -0.368 e. The maximum absolute atomic E-state index is 6.27. The van der Waals surface area contributed by atoms with Crippen LogP contribution in [0.5, 0.6) is 0 Å². The van der Waals surface area contributed by atoms with Gasteiger partial charge < -0.3 is 10.5 Å². The summed E-state index contributed by atoms with van der Waals surface area (Å²) in [5.74, 6) is 0. The van der Waals surface area contributed by atoms with Crippen molar-refractivity contribution >= 4 is 22.9 Å². The second-order valence-corrected chi connectivity index (χ2v) is 6.78. The average molecular weight is 288 g/mol. The Kier molecular flexibility index (Phi) is 5.49. The summed E-state index contributed by atoms with van der Waals surface area (Å²) in [6, 6.07) is 4.04. The average Bonchev–Trinajstić information content (AvgIpc) is 2.83. The summed E-state index contributed by atoms with van der Waals surface area (Å²) in [6.45, 7) is 2.11. The van der Waals surface area contributed by atoms with Crippen molar-refractivity contribution in [3.8, 4) is 0 Å². The van der Waals surface area contributed by atoms with E-state index in [4.69, 9.17) is 22.1 Å². The standard InChI is InChI=1S/C14H22ClNOS/c1-2-11(16)14(12-8-9-13(15)18-12)17-10-6-4-3-5-7-10/h8-11,14H,2-7,16H2,1H3. The first-order valence-corrected chi connectivity index (χ1v) is 8.06. The first kappa shape index (κ1) is 14.3. The summed E-state index contributed by atoms with van der Waals surface area (Å²) in [5.41, 5.74) is 6.21. The molecule has 1 saturated carbocycles. The second kappa shape index (κ2) is 6.90. The third-order valence-electron chi connectivity index (χ3n) is 3.63. The highest BCUT2D eigenvalue weighted by Crippen LogP contribution is 2.34. The largest absolute Gasteiger partial charge is 0.368 e. The Morgan fingerprint density at radius 3 is 2.67 bits per heavy atom. The van der Waals surface area contributed by atoms with Gasteiger partial charge in [-0.05, 0) is 31.4 Å². The summed E-state index contributed by atoms with van der Waals surface area (Å²) in [5, 5.41) is 0. The van der Waals surface area contributed by atoms with E-state index in [0.29, 0.717) is 6.10 Å². The minimum absolute atomic E-state index is 0.00981. The van der Waals surface area contributed by atoms with Crippen molar-refractivity contribution in [1.82, 2.24) is 0 Å². The Morgan fingerprint density at radius 2 is 2.11 bits per heavy atom. The van der Waals surface area contributed by atoms with Crippen LogP contribution in [-0.2, 0) is 4.74 Å². The number of nitrogens with two attached hydrogens (primary N) is 1. The molecule has 1 heterocycles. The molecule has 4 heteroatoms. The van der Waals surface area contributed by atoms with E-state index in [-0.39, 0.29) is 12.1 Å². The second-order valence-electron chi connectivity index (χ2n) is 5.03. The summed E-state index contributed by atoms with van der Waals surface area (Å²) in [4.78, 5) is 1.17. The van der Waals surface area contributed by atoms with Gasteiger partial charge in [-0.25, -0.2) is 0 Å². The van der Waals surface area contributed by atoms with Gasteiger partial charge in [-0.15, -0.1) is 11.3 Å². The highest BCUT2D eigenvalue weighted by Gasteiger charge is 2.25. The molecule has 1 fully saturated rings. The normalized spacial score (nSPS) is 20.8. The van der Waals surface area contributed by atoms with Gasteiger partial charge in [0.05, 0.1) is 10.4 Å². The van der Waals surface area contributed by atoms with Gasteiger partial charge in [-0.1, -0.05) is 37.8 Å². The molecule has 1 aromatic rings. The molecule has 0 bridgehead atoms. The van der Waals surface area contributed by atoms with Crippen molar-refractivity contribution in [2.75, 3.05) is 0 Å². The van der Waals surface area contributed by atoms with Crippen molar-refractivity contribution in [2.45, 2.75) is 63.7 Å². The number of ether oxygens (including phenoxy) is 1. The van der Waals surface area contributed by atoms with E-state index >= 15 is 0 Å². The van der Waals surface area contributed by atoms with Crippen LogP contribution in [0.25, 0.3) is 0 Å². The third-order valence-corrected chi connectivity index (χ3v) is 4.92. The molecule has 2 atom stereocenters. The zero-order valence-corrected chi connectivity index (χ0v) is 12.5. The van der Waals surface area contributed by atoms with Crippen molar-refractivity contribution in [1.29, 1.82) is 0 Å². The highest BCUT2D eigenvalue weighted by atomic mass is 35.5. The van der Waals surface area contributed by atoms with Crippen LogP contribution in [0.1, 0.15) is 56.4 Å². The van der Waals surface area contributed by atoms with E-state index in [1.807, 2.05) is 6.07 Å². The molecule has 2 N–H and O–H groups in total. The molecule has 0 amide bonds. The Balaban J connectivity index is 2.04. The number of hydrogen-bond donors (Lipinski definition) is 1. The summed E-state index contributed by atoms with van der Waals surface area (Å²) < 4.78 is 7.08. The van der Waals surface area contributed by atoms with Gasteiger partial charge in [-0.2, -0.15) is 0 Å². The molecular formula is C14H22ClNOS. The fraction of sp³-hybridized carbons (Fsp3) is 0.714. The highest BCUT2D eigenvalue weighted by molar-refractivity contribution is 7.16. The van der Waals surface area contributed by atoms with E-state index in [9.17, 15) is 0 Å². The molecule has 2 unspecified atom stereocenters. The Labute approximate surface area is 118 Å². The van der Waals surface area contributed by atoms with Crippen LogP contribution < -0.4 is 5.73 Å². The zero-order valence-electron chi connectivity index (χ0n) is 10.9. The monoisotopic (exact) mass is 287 g/mol. The molecule has 1 aromatic heterocycles. The predicted molar refractivity (Wildman–Crippen MR) is 78.3 cm³/mol. The summed E-state index contributed by atoms with van der Waals surface area (Å²) >= 11 is 7.61. The first-order chi connectivity index (χ1) is 8.70. The van der Waals surface area contributed by atoms with E-state index in [1.165, 1.54) is 37.0 Å². The fourth-order valence-electron chi connectivity index (χ4n) is 2.48. The molecule has 2 nitrogen and oxygen atoms in total. The molecule has 0 spiro atoms. The molecule has 0 aromatic carbocycles. The maximum Gasteiger partial charge on any atom is 0.107 e. The Bertz CT molecular complexity index is 362. The van der Waals surface area contributed by atoms with Gasteiger partial charge in [0, 0.05) is 10.9 Å². The van der Waals surface area contributed by atoms with E-state index in [2.05, 4.69) is 13.0 Å². The van der Waals surface area contributed by atoms with Crippen molar-refractivity contribution < 1.29 is 4.74 Å². The molecular weight excluding hydrogens is 266 g/mol. The lowest BCUT2D eigenvalue weighted by Crippen LogP contribution is -2.32. The maximum atomic E-state index is 6.27. The molecule has 1 aliphatic carbocycles. The predicted octanol–water partition coefficient (Wildman–Crippen LogP) is 4.53. The van der Waals surface area contributed by atoms with Gasteiger partial charge in [0.15, 0.2) is 0 Å². The van der Waals surface area contributed by atoms with Gasteiger partial charge in [0.1, 0.15) is 6.10 Å². The SMILES string of the molecule is CCC(N)C(OC1CCCCC1)c1ccc(Cl)s1. The van der Waals surface area contributed by atoms with E-state index in [1.54, 1.807) is 11.3 Å². The quantitative estimate of drug-likeness (QED) is 0.863. The summed E-state index contributed by atoms with van der Waals surface area (Å²) in [6.07, 6.45) is 7.56. The van der Waals surface area contributed by atoms with Gasteiger partial charge in [0.25, 0.3) is 0 Å². The van der Waals surface area contributed by atoms with Crippen LogP contribution >= 0.6 is 22.9 Å². The number of thiophene rings is 1. The van der Waals surface area contributed by atoms with Crippen molar-refractivity contribution in [3.05, 3.63) is 21.3 Å². The Hall–Kier alpha value is -0.0900. The Morgan fingerprint density at radius 1 is 1.39 bits per heavy atom. The molecule has 2 rings (SSSR count). The van der Waals surface area contributed by atoms with Crippen molar-refractivity contribution in [3.63, 3.8) is 0 Å². The van der Waals surface area contributed by atoms with Crippen LogP contribution in [-0.4, -0.2) is 12.1 Å². The van der Waals surface area contributed by atoms with Gasteiger partial charge in [-0.3, -0.25) is 0 Å². The molecule has 0 aliphatic heterocycles. The minimum atomic E-state index is 0.00981. The first-order valence-electron chi connectivity index (χ1n) is 6.87. The zero-order chi connectivity index (χ0) is 13.0. The molecule has 0 radical (unpaired) electrons. The van der Waals surface area contributed by atoms with Crippen molar-refractivity contribution in [2.24, 2.45) is 5.73 Å². The lowest BCUT2D eigenvalue weighted by molar-refractivity contribution is -0.0419. The molecule has 102 valence electrons. The lowest BCUT2D eigenvalue weighted by Gasteiger charge is -2.30. The number of halogens is 1.